The molecular formula is Gd2Mg3N12O36. The van der Waals surface area contributed by atoms with Gasteiger partial charge in [0.05, 0.1) is 61.0 Å². The molecule has 0 N–H and O–H groups in total. The molecule has 0 saturated heterocycles. The summed E-state index contributed by atoms with van der Waals surface area (Å²) < 4.78 is 0. The van der Waals surface area contributed by atoms with Crippen molar-refractivity contribution in [3.8, 4) is 0 Å². The first-order valence-corrected chi connectivity index (χ1v) is 6.57. The van der Waals surface area contributed by atoms with Crippen LogP contribution in [0.15, 0.2) is 0 Å². The normalized spacial score (nSPS) is 5.43. The van der Waals surface area contributed by atoms with Crippen LogP contribution in [0.4, 0.5) is 0 Å². The molecule has 0 aromatic carbocycles. The molecule has 0 aromatic rings. The van der Waals surface area contributed by atoms with Gasteiger partial charge in [-0.25, -0.2) is 0 Å². The summed E-state index contributed by atoms with van der Waals surface area (Å²) in [6, 6.07) is 0. The topological polar surface area (TPSA) is 794 Å². The zero-order valence-electron chi connectivity index (χ0n) is 22.9. The number of hydrogen-bond acceptors (Lipinski definition) is 36. The Kier molecular flexibility index (Phi) is 215. The van der Waals surface area contributed by atoms with E-state index in [2.05, 4.69) is 0 Å². The fourth-order valence-electron chi connectivity index (χ4n) is 0. The van der Waals surface area contributed by atoms with Gasteiger partial charge in [0.25, 0.3) is 0 Å². The molecule has 0 spiro atoms. The van der Waals surface area contributed by atoms with E-state index in [1.54, 1.807) is 0 Å². The summed E-state index contributed by atoms with van der Waals surface area (Å²) >= 11 is 0. The van der Waals surface area contributed by atoms with E-state index in [1.165, 1.54) is 0 Å². The molecular weight excluding hydrogens is 1130 g/mol. The van der Waals surface area contributed by atoms with Crippen molar-refractivity contribution >= 4 is 69.2 Å². The van der Waals surface area contributed by atoms with Gasteiger partial charge in [0.2, 0.25) is 0 Å². The maximum Gasteiger partial charge on any atom is 3.00 e. The minimum Gasteiger partial charge on any atom is -0.356 e. The van der Waals surface area contributed by atoms with Crippen LogP contribution in [0.5, 0.6) is 0 Å². The molecule has 53 heavy (non-hydrogen) atoms. The van der Waals surface area contributed by atoms with Gasteiger partial charge in [0.15, 0.2) is 0 Å². The Balaban J connectivity index is -0.0000000176. The third-order valence-corrected chi connectivity index (χ3v) is 0. The Morgan fingerprint density at radius 3 is 0.151 bits per heavy atom. The molecule has 0 saturated carbocycles. The Labute approximate surface area is 389 Å². The Bertz CT molecular complexity index is 602. The predicted octanol–water partition coefficient (Wildman–Crippen LogP) is -4.01. The number of hydrogen-bond donors (Lipinski definition) is 0. The molecule has 298 valence electrons. The standard InChI is InChI=1S/2Gd.3Mg.12NO3/c;;;;;12*2-1(3)4/q2*+3;3*+2;12*-1. The van der Waals surface area contributed by atoms with Gasteiger partial charge in [-0.05, 0) is 0 Å². The van der Waals surface area contributed by atoms with Crippen molar-refractivity contribution in [3.63, 3.8) is 0 Å². The van der Waals surface area contributed by atoms with Gasteiger partial charge < -0.3 is 184 Å². The van der Waals surface area contributed by atoms with Gasteiger partial charge in [0.1, 0.15) is 0 Å². The minimum atomic E-state index is -1.75. The van der Waals surface area contributed by atoms with E-state index in [9.17, 15) is 0 Å². The molecule has 0 bridgehead atoms. The number of rotatable bonds is 0. The third kappa shape index (κ3) is 4500. The van der Waals surface area contributed by atoms with Gasteiger partial charge in [0, 0.05) is 0 Å². The quantitative estimate of drug-likeness (QED) is 0.127. The molecule has 0 aliphatic carbocycles. The van der Waals surface area contributed by atoms with Gasteiger partial charge in [-0.2, -0.15) is 0 Å². The van der Waals surface area contributed by atoms with E-state index < -0.39 is 61.0 Å². The molecule has 0 fully saturated rings. The van der Waals surface area contributed by atoms with Crippen LogP contribution in [0, 0.1) is 264 Å². The molecule has 0 unspecified atom stereocenters. The van der Waals surface area contributed by atoms with Crippen molar-refractivity contribution in [2.45, 2.75) is 0 Å². The van der Waals surface area contributed by atoms with Gasteiger partial charge in [-0.15, -0.1) is 0 Å². The van der Waals surface area contributed by atoms with Crippen LogP contribution in [0.1, 0.15) is 0 Å². The van der Waals surface area contributed by atoms with Crippen molar-refractivity contribution in [2.24, 2.45) is 0 Å². The average molecular weight is 1130 g/mol. The molecule has 0 aromatic heterocycles. The molecule has 0 atom stereocenters. The smallest absolute Gasteiger partial charge is 0.356 e. The van der Waals surface area contributed by atoms with E-state index in [4.69, 9.17) is 184 Å². The maximum atomic E-state index is 8.25. The van der Waals surface area contributed by atoms with Crippen molar-refractivity contribution in [2.75, 3.05) is 0 Å². The Morgan fingerprint density at radius 1 is 0.151 bits per heavy atom. The first kappa shape index (κ1) is 110. The fourth-order valence-corrected chi connectivity index (χ4v) is 0. The summed E-state index contributed by atoms with van der Waals surface area (Å²) in [5, 5.41) is 177. The van der Waals surface area contributed by atoms with Crippen LogP contribution < -0.4 is 0 Å². The summed E-state index contributed by atoms with van der Waals surface area (Å²) in [5.41, 5.74) is 0. The largest absolute Gasteiger partial charge is 3.00 e. The van der Waals surface area contributed by atoms with E-state index in [-0.39, 0.29) is 149 Å². The van der Waals surface area contributed by atoms with Gasteiger partial charge in [-0.1, -0.05) is 0 Å². The third-order valence-electron chi connectivity index (χ3n) is 0. The first-order valence-electron chi connectivity index (χ1n) is 6.57. The van der Waals surface area contributed by atoms with Gasteiger partial charge in [-0.3, -0.25) is 0 Å². The SMILES string of the molecule is O=[N+]([O-])[O-].O=[N+]([O-])[O-].O=[N+]([O-])[O-].O=[N+]([O-])[O-].O=[N+]([O-])[O-].O=[N+]([O-])[O-].O=[N+]([O-])[O-].O=[N+]([O-])[O-].O=[N+]([O-])[O-].O=[N+]([O-])[O-].O=[N+]([O-])[O-].O=[N+]([O-])[O-].[Gd+3].[Gd+3].[Mg+2].[Mg+2].[Mg+2]. The van der Waals surface area contributed by atoms with E-state index in [1.807, 2.05) is 0 Å². The Morgan fingerprint density at radius 2 is 0.151 bits per heavy atom. The van der Waals surface area contributed by atoms with Crippen LogP contribution in [0.3, 0.4) is 0 Å². The van der Waals surface area contributed by atoms with Crippen LogP contribution in [0.25, 0.3) is 0 Å². The monoisotopic (exact) mass is 1130 g/mol. The summed E-state index contributed by atoms with van der Waals surface area (Å²) in [6.07, 6.45) is 0. The second-order valence-corrected chi connectivity index (χ2v) is 2.68. The molecule has 0 aliphatic rings. The zero-order valence-corrected chi connectivity index (χ0v) is 31.7. The summed E-state index contributed by atoms with van der Waals surface area (Å²) in [6.45, 7) is 0. The van der Waals surface area contributed by atoms with Crippen molar-refractivity contribution in [1.29, 1.82) is 0 Å². The molecule has 53 heteroatoms. The minimum absolute atomic E-state index is 0. The van der Waals surface area contributed by atoms with Crippen LogP contribution in [0.2, 0.25) is 0 Å². The molecule has 0 amide bonds. The molecule has 0 aliphatic heterocycles. The second kappa shape index (κ2) is 104. The Hall–Kier alpha value is -4.65. The molecule has 2 radical (unpaired) electrons. The van der Waals surface area contributed by atoms with Crippen LogP contribution in [-0.4, -0.2) is 130 Å². The molecule has 0 heterocycles. The van der Waals surface area contributed by atoms with E-state index in [0.717, 1.165) is 0 Å². The van der Waals surface area contributed by atoms with Gasteiger partial charge >= 0.3 is 149 Å². The summed E-state index contributed by atoms with van der Waals surface area (Å²) in [4.78, 5) is 99.0. The number of nitrogens with zero attached hydrogens (tertiary/aromatic N) is 12. The summed E-state index contributed by atoms with van der Waals surface area (Å²) in [5.74, 6) is 0. The zero-order chi connectivity index (χ0) is 42.9. The van der Waals surface area contributed by atoms with Crippen LogP contribution in [-0.2, 0) is 0 Å². The van der Waals surface area contributed by atoms with Crippen LogP contribution >= 0.6 is 0 Å². The molecule has 48 nitrogen and oxygen atoms in total. The molecule has 0 rings (SSSR count). The summed E-state index contributed by atoms with van der Waals surface area (Å²) in [7, 11) is 0. The van der Waals surface area contributed by atoms with Crippen molar-refractivity contribution < 1.29 is 141 Å². The van der Waals surface area contributed by atoms with Crippen molar-refractivity contribution in [3.05, 3.63) is 184 Å². The van der Waals surface area contributed by atoms with E-state index in [0.29, 0.717) is 0 Å². The predicted molar refractivity (Wildman–Crippen MR) is 142 cm³/mol. The maximum absolute atomic E-state index is 8.25. The second-order valence-electron chi connectivity index (χ2n) is 2.68. The fraction of sp³-hybridized carbons (Fsp3) is 0. The van der Waals surface area contributed by atoms with E-state index >= 15 is 0 Å². The first-order chi connectivity index (χ1) is 20.8. The average Bonchev–Trinajstić information content (AvgIpc) is 2.61. The van der Waals surface area contributed by atoms with Crippen molar-refractivity contribution in [1.82, 2.24) is 0 Å².